The van der Waals surface area contributed by atoms with E-state index in [9.17, 15) is 4.79 Å². The molecule has 0 saturated carbocycles. The summed E-state index contributed by atoms with van der Waals surface area (Å²) in [6.45, 7) is 4.12. The Morgan fingerprint density at radius 2 is 1.66 bits per heavy atom. The number of aromatic nitrogens is 1. The average Bonchev–Trinajstić information content (AvgIpc) is 3.09. The van der Waals surface area contributed by atoms with Crippen molar-refractivity contribution in [1.82, 2.24) is 0 Å². The molecule has 32 heavy (non-hydrogen) atoms. The van der Waals surface area contributed by atoms with Crippen LogP contribution >= 0.6 is 34.7 Å². The van der Waals surface area contributed by atoms with Crippen LogP contribution in [0.15, 0.2) is 77.3 Å². The number of carbonyl (C=O) groups is 1. The van der Waals surface area contributed by atoms with E-state index in [4.69, 9.17) is 17.3 Å². The normalized spacial score (nSPS) is 10.6. The van der Waals surface area contributed by atoms with Crippen molar-refractivity contribution in [2.45, 2.75) is 23.8 Å². The third-order valence-electron chi connectivity index (χ3n) is 4.81. The molecule has 0 atom stereocenters. The molecule has 4 rings (SSSR count). The molecule has 4 aromatic rings. The number of anilines is 1. The summed E-state index contributed by atoms with van der Waals surface area (Å²) in [7, 11) is 0. The number of rotatable bonds is 6. The van der Waals surface area contributed by atoms with Crippen LogP contribution in [0.1, 0.15) is 31.9 Å². The monoisotopic (exact) mass is 544 g/mol. The van der Waals surface area contributed by atoms with E-state index in [0.717, 1.165) is 37.4 Å². The highest BCUT2D eigenvalue weighted by atomic mass is 79.9. The Morgan fingerprint density at radius 3 is 2.28 bits per heavy atom. The number of hydrogen-bond acceptors (Lipinski definition) is 4. The van der Waals surface area contributed by atoms with Gasteiger partial charge in [0.25, 0.3) is 5.69 Å². The van der Waals surface area contributed by atoms with E-state index in [1.54, 1.807) is 11.8 Å². The smallest absolute Gasteiger partial charge is 0.259 e. The minimum absolute atomic E-state index is 0. The molecule has 7 heteroatoms. The van der Waals surface area contributed by atoms with Crippen LogP contribution in [0.4, 0.5) is 5.69 Å². The minimum Gasteiger partial charge on any atom is -1.00 e. The zero-order valence-electron chi connectivity index (χ0n) is 17.6. The van der Waals surface area contributed by atoms with Gasteiger partial charge in [-0.15, -0.1) is 23.1 Å². The first-order valence-electron chi connectivity index (χ1n) is 9.81. The first kappa shape index (κ1) is 24.5. The van der Waals surface area contributed by atoms with Crippen LogP contribution in [0.5, 0.6) is 0 Å². The van der Waals surface area contributed by atoms with Crippen LogP contribution in [0, 0.1) is 13.8 Å². The highest BCUT2D eigenvalue weighted by Crippen LogP contribution is 2.41. The van der Waals surface area contributed by atoms with Crippen molar-refractivity contribution in [3.05, 3.63) is 105 Å². The third kappa shape index (κ3) is 5.44. The summed E-state index contributed by atoms with van der Waals surface area (Å²) < 4.78 is 3.06. The Kier molecular flexibility index (Phi) is 8.17. The quantitative estimate of drug-likeness (QED) is 0.230. The molecule has 0 fully saturated rings. The number of nitrogens with two attached hydrogens (primary N) is 1. The molecule has 2 aromatic heterocycles. The highest BCUT2D eigenvalue weighted by Gasteiger charge is 2.28. The van der Waals surface area contributed by atoms with E-state index in [-0.39, 0.29) is 22.8 Å². The predicted molar refractivity (Wildman–Crippen MR) is 131 cm³/mol. The second-order valence-electron chi connectivity index (χ2n) is 7.39. The lowest BCUT2D eigenvalue weighted by molar-refractivity contribution is -0.597. The summed E-state index contributed by atoms with van der Waals surface area (Å²) in [5.74, 6) is 0.710. The van der Waals surface area contributed by atoms with Crippen LogP contribution in [0.25, 0.3) is 5.69 Å². The molecule has 0 amide bonds. The number of benzene rings is 2. The molecule has 0 aliphatic heterocycles. The van der Waals surface area contributed by atoms with Crippen molar-refractivity contribution in [1.29, 1.82) is 0 Å². The number of thioether (sulfide) groups is 1. The van der Waals surface area contributed by atoms with Crippen molar-refractivity contribution in [2.24, 2.45) is 0 Å². The highest BCUT2D eigenvalue weighted by molar-refractivity contribution is 8.00. The summed E-state index contributed by atoms with van der Waals surface area (Å²) in [4.78, 5) is 13.8. The van der Waals surface area contributed by atoms with Crippen LogP contribution < -0.4 is 27.3 Å². The van der Waals surface area contributed by atoms with E-state index in [2.05, 4.69) is 32.3 Å². The number of aryl methyl sites for hydroxylation is 2. The molecule has 0 radical (unpaired) electrons. The Bertz CT molecular complexity index is 1220. The Balaban J connectivity index is 0.00000289. The van der Waals surface area contributed by atoms with Crippen molar-refractivity contribution in [2.75, 3.05) is 5.73 Å². The number of halogens is 2. The summed E-state index contributed by atoms with van der Waals surface area (Å²) in [5, 5.41) is 0.719. The summed E-state index contributed by atoms with van der Waals surface area (Å²) in [5.41, 5.74) is 12.1. The molecular formula is C25H22BrClN2OS2. The number of pyridine rings is 1. The fourth-order valence-electron chi connectivity index (χ4n) is 3.41. The maximum absolute atomic E-state index is 13.2. The van der Waals surface area contributed by atoms with Gasteiger partial charge in [-0.25, -0.2) is 0 Å². The first-order chi connectivity index (χ1) is 14.9. The molecule has 2 aromatic carbocycles. The zero-order chi connectivity index (χ0) is 22.0. The van der Waals surface area contributed by atoms with Gasteiger partial charge in [0.1, 0.15) is 14.8 Å². The van der Waals surface area contributed by atoms with Gasteiger partial charge in [-0.1, -0.05) is 54.1 Å². The molecule has 0 unspecified atom stereocenters. The fourth-order valence-corrected chi connectivity index (χ4v) is 5.96. The third-order valence-corrected chi connectivity index (χ3v) is 7.59. The summed E-state index contributed by atoms with van der Waals surface area (Å²) in [6.07, 6.45) is 4.10. The maximum atomic E-state index is 13.2. The maximum Gasteiger partial charge on any atom is 0.259 e. The van der Waals surface area contributed by atoms with Gasteiger partial charge in [-0.05, 0) is 37.6 Å². The number of nitrogens with zero attached hydrogens (tertiary/aromatic N) is 1. The molecule has 0 spiro atoms. The number of thiophene rings is 1. The van der Waals surface area contributed by atoms with E-state index >= 15 is 0 Å². The van der Waals surface area contributed by atoms with Crippen molar-refractivity contribution in [3.63, 3.8) is 0 Å². The fraction of sp³-hybridized carbons (Fsp3) is 0.120. The molecule has 2 heterocycles. The van der Waals surface area contributed by atoms with E-state index in [0.29, 0.717) is 16.1 Å². The zero-order valence-corrected chi connectivity index (χ0v) is 21.6. The van der Waals surface area contributed by atoms with E-state index < -0.39 is 0 Å². The SMILES string of the molecule is Cc1cc(C)c[n+](-c2c(SCc3ccc(Cl)cc3)sc(C(=O)c3ccccc3)c2N)c1.[Br-]. The molecule has 2 N–H and O–H groups in total. The standard InChI is InChI=1S/C25H21ClN2OS2.BrH/c1-16-12-17(2)14-28(13-16)22-21(27)24(23(29)19-6-4-3-5-7-19)31-25(22)30-15-18-8-10-20(26)11-9-18;/h3-14H,15H2,1-2H3,(H-,27,29);1H. The lowest BCUT2D eigenvalue weighted by Crippen LogP contribution is -3.00. The van der Waals surface area contributed by atoms with Gasteiger partial charge < -0.3 is 22.7 Å². The molecule has 0 aliphatic carbocycles. The van der Waals surface area contributed by atoms with Crippen LogP contribution in [-0.4, -0.2) is 5.78 Å². The van der Waals surface area contributed by atoms with Crippen LogP contribution in [0.3, 0.4) is 0 Å². The van der Waals surface area contributed by atoms with Crippen LogP contribution in [0.2, 0.25) is 5.02 Å². The summed E-state index contributed by atoms with van der Waals surface area (Å²) >= 11 is 9.16. The molecule has 0 aliphatic rings. The average molecular weight is 546 g/mol. The van der Waals surface area contributed by atoms with Crippen molar-refractivity contribution < 1.29 is 26.3 Å². The van der Waals surface area contributed by atoms with Gasteiger partial charge in [-0.3, -0.25) is 4.79 Å². The minimum atomic E-state index is -0.0485. The number of nitrogen functional groups attached to an aromatic ring is 1. The predicted octanol–water partition coefficient (Wildman–Crippen LogP) is 3.40. The molecule has 0 saturated heterocycles. The Hall–Kier alpha value is -2.12. The van der Waals surface area contributed by atoms with E-state index in [1.807, 2.05) is 59.2 Å². The molecule has 3 nitrogen and oxygen atoms in total. The Morgan fingerprint density at radius 1 is 1.03 bits per heavy atom. The van der Waals surface area contributed by atoms with Crippen molar-refractivity contribution in [3.8, 4) is 5.69 Å². The number of carbonyl (C=O) groups excluding carboxylic acids is 1. The largest absolute Gasteiger partial charge is 1.00 e. The van der Waals surface area contributed by atoms with Crippen LogP contribution in [-0.2, 0) is 5.75 Å². The summed E-state index contributed by atoms with van der Waals surface area (Å²) in [6, 6.07) is 19.2. The van der Waals surface area contributed by atoms with Crippen molar-refractivity contribution >= 4 is 46.2 Å². The van der Waals surface area contributed by atoms with Gasteiger partial charge in [0.05, 0.1) is 0 Å². The molecule has 164 valence electrons. The van der Waals surface area contributed by atoms with Gasteiger partial charge in [0.2, 0.25) is 5.78 Å². The first-order valence-corrected chi connectivity index (χ1v) is 12.0. The van der Waals surface area contributed by atoms with Gasteiger partial charge >= 0.3 is 0 Å². The second kappa shape index (κ2) is 10.7. The molecular weight excluding hydrogens is 524 g/mol. The lowest BCUT2D eigenvalue weighted by Gasteiger charge is -2.03. The number of hydrogen-bond donors (Lipinski definition) is 1. The second-order valence-corrected chi connectivity index (χ2v) is 10.1. The Labute approximate surface area is 212 Å². The number of ketones is 1. The van der Waals surface area contributed by atoms with Gasteiger partial charge in [0, 0.05) is 27.5 Å². The topological polar surface area (TPSA) is 47.0 Å². The lowest BCUT2D eigenvalue weighted by atomic mass is 10.1. The van der Waals surface area contributed by atoms with E-state index in [1.165, 1.54) is 11.3 Å². The van der Waals surface area contributed by atoms with Gasteiger partial charge in [0.15, 0.2) is 12.4 Å². The van der Waals surface area contributed by atoms with Gasteiger partial charge in [-0.2, -0.15) is 4.57 Å². The molecule has 0 bridgehead atoms.